The Morgan fingerprint density at radius 1 is 1.35 bits per heavy atom. The molecule has 0 spiro atoms. The van der Waals surface area contributed by atoms with Crippen LogP contribution in [0.5, 0.6) is 0 Å². The summed E-state index contributed by atoms with van der Waals surface area (Å²) in [6.07, 6.45) is 7.41. The van der Waals surface area contributed by atoms with Gasteiger partial charge in [0.25, 0.3) is 0 Å². The number of nitrogens with one attached hydrogen (secondary N) is 2. The number of carbonyl (C=O) groups excluding carboxylic acids is 1. The van der Waals surface area contributed by atoms with E-state index in [0.717, 1.165) is 17.1 Å². The Morgan fingerprint density at radius 3 is 2.70 bits per heavy atom. The number of hydrogen-bond donors (Lipinski definition) is 2. The molecule has 130 valence electrons. The van der Waals surface area contributed by atoms with E-state index >= 15 is 0 Å². The van der Waals surface area contributed by atoms with E-state index in [1.165, 1.54) is 33.4 Å². The Kier molecular flexibility index (Phi) is 6.00. The van der Waals surface area contributed by atoms with Gasteiger partial charge in [-0.05, 0) is 12.8 Å². The van der Waals surface area contributed by atoms with Crippen molar-refractivity contribution in [2.75, 3.05) is 31.7 Å². The zero-order valence-electron chi connectivity index (χ0n) is 13.7. The molecular formula is C14H25N5O3S. The second-order valence-corrected chi connectivity index (χ2v) is 8.23. The van der Waals surface area contributed by atoms with Gasteiger partial charge < -0.3 is 5.32 Å². The lowest BCUT2D eigenvalue weighted by Crippen LogP contribution is -2.36. The highest BCUT2D eigenvalue weighted by Crippen LogP contribution is 2.29. The van der Waals surface area contributed by atoms with Crippen LogP contribution >= 0.6 is 0 Å². The molecule has 0 saturated heterocycles. The molecule has 1 aliphatic rings. The summed E-state index contributed by atoms with van der Waals surface area (Å²) >= 11 is 0. The average molecular weight is 343 g/mol. The molecule has 1 aliphatic carbocycles. The topological polar surface area (TPSA) is 96.3 Å². The smallest absolute Gasteiger partial charge is 0.320 e. The quantitative estimate of drug-likeness (QED) is 0.816. The van der Waals surface area contributed by atoms with Crippen LogP contribution in [0.15, 0.2) is 12.3 Å². The van der Waals surface area contributed by atoms with Crippen molar-refractivity contribution in [3.63, 3.8) is 0 Å². The molecule has 9 heteroatoms. The number of amides is 2. The van der Waals surface area contributed by atoms with Crippen molar-refractivity contribution in [2.45, 2.75) is 38.1 Å². The van der Waals surface area contributed by atoms with Gasteiger partial charge in [0.2, 0.25) is 10.0 Å². The van der Waals surface area contributed by atoms with Gasteiger partial charge in [-0.25, -0.2) is 22.2 Å². The molecule has 0 atom stereocenters. The molecule has 1 aromatic heterocycles. The number of sulfonamides is 1. The van der Waals surface area contributed by atoms with Crippen LogP contribution in [-0.2, 0) is 10.0 Å². The molecule has 1 fully saturated rings. The maximum absolute atomic E-state index is 11.9. The zero-order chi connectivity index (χ0) is 16.9. The van der Waals surface area contributed by atoms with Crippen LogP contribution in [0.4, 0.5) is 10.6 Å². The number of nitrogens with zero attached hydrogens (tertiary/aromatic N) is 3. The van der Waals surface area contributed by atoms with Gasteiger partial charge in [-0.2, -0.15) is 5.10 Å². The van der Waals surface area contributed by atoms with Crippen LogP contribution < -0.4 is 10.6 Å². The zero-order valence-corrected chi connectivity index (χ0v) is 14.5. The van der Waals surface area contributed by atoms with Crippen molar-refractivity contribution in [2.24, 2.45) is 0 Å². The highest BCUT2D eigenvalue weighted by molar-refractivity contribution is 7.89. The Morgan fingerprint density at radius 2 is 2.04 bits per heavy atom. The van der Waals surface area contributed by atoms with Crippen LogP contribution in [-0.4, -0.2) is 54.9 Å². The third-order valence-electron chi connectivity index (χ3n) is 4.03. The molecule has 23 heavy (non-hydrogen) atoms. The Bertz CT molecular complexity index is 620. The summed E-state index contributed by atoms with van der Waals surface area (Å²) in [5, 5.41) is 9.62. The number of aromatic nitrogens is 2. The first kappa shape index (κ1) is 17.7. The van der Waals surface area contributed by atoms with E-state index in [4.69, 9.17) is 0 Å². The lowest BCUT2D eigenvalue weighted by Gasteiger charge is -2.23. The predicted octanol–water partition coefficient (Wildman–Crippen LogP) is 1.40. The minimum atomic E-state index is -3.31. The molecule has 2 N–H and O–H groups in total. The first-order valence-electron chi connectivity index (χ1n) is 7.89. The summed E-state index contributed by atoms with van der Waals surface area (Å²) in [6.45, 7) is 0.0594. The molecule has 0 aliphatic heterocycles. The number of carbonyl (C=O) groups is 1. The fourth-order valence-corrected chi connectivity index (χ4v) is 3.39. The summed E-state index contributed by atoms with van der Waals surface area (Å²) in [5.41, 5.74) is 0. The predicted molar refractivity (Wildman–Crippen MR) is 88.8 cm³/mol. The molecule has 8 nitrogen and oxygen atoms in total. The molecular weight excluding hydrogens is 318 g/mol. The first-order valence-corrected chi connectivity index (χ1v) is 9.49. The van der Waals surface area contributed by atoms with Crippen molar-refractivity contribution in [3.05, 3.63) is 12.3 Å². The number of hydrogen-bond acceptors (Lipinski definition) is 4. The van der Waals surface area contributed by atoms with E-state index in [0.29, 0.717) is 11.9 Å². The molecule has 0 aromatic carbocycles. The lowest BCUT2D eigenvalue weighted by molar-refractivity contribution is 0.252. The van der Waals surface area contributed by atoms with E-state index in [1.54, 1.807) is 12.3 Å². The normalized spacial score (nSPS) is 16.5. The fourth-order valence-electron chi connectivity index (χ4n) is 2.67. The summed E-state index contributed by atoms with van der Waals surface area (Å²) in [4.78, 5) is 11.9. The van der Waals surface area contributed by atoms with Gasteiger partial charge in [-0.15, -0.1) is 0 Å². The van der Waals surface area contributed by atoms with E-state index in [-0.39, 0.29) is 12.3 Å². The van der Waals surface area contributed by atoms with Crippen molar-refractivity contribution in [1.29, 1.82) is 0 Å². The fraction of sp³-hybridized carbons (Fsp3) is 0.714. The maximum atomic E-state index is 11.9. The second kappa shape index (κ2) is 7.78. The number of anilines is 1. The third-order valence-corrected chi connectivity index (χ3v) is 5.87. The molecule has 1 saturated carbocycles. The molecule has 2 rings (SSSR count). The summed E-state index contributed by atoms with van der Waals surface area (Å²) in [6, 6.07) is 1.66. The minimum absolute atomic E-state index is 0.0594. The Balaban J connectivity index is 1.85. The van der Waals surface area contributed by atoms with Gasteiger partial charge in [0.15, 0.2) is 0 Å². The SMILES string of the molecule is CN(C)S(=O)(=O)CCNC(=O)Nc1ccnn1C1CCCCC1. The summed E-state index contributed by atoms with van der Waals surface area (Å²) < 4.78 is 26.3. The largest absolute Gasteiger partial charge is 0.337 e. The Hall–Kier alpha value is -1.61. The van der Waals surface area contributed by atoms with E-state index in [9.17, 15) is 13.2 Å². The van der Waals surface area contributed by atoms with Crippen molar-refractivity contribution in [1.82, 2.24) is 19.4 Å². The molecule has 2 amide bonds. The first-order chi connectivity index (χ1) is 10.9. The molecule has 0 radical (unpaired) electrons. The monoisotopic (exact) mass is 343 g/mol. The van der Waals surface area contributed by atoms with Gasteiger partial charge in [-0.1, -0.05) is 19.3 Å². The molecule has 0 bridgehead atoms. The van der Waals surface area contributed by atoms with Crippen molar-refractivity contribution < 1.29 is 13.2 Å². The number of urea groups is 1. The highest BCUT2D eigenvalue weighted by Gasteiger charge is 2.19. The second-order valence-electron chi connectivity index (χ2n) is 5.93. The lowest BCUT2D eigenvalue weighted by atomic mass is 9.96. The van der Waals surface area contributed by atoms with E-state index < -0.39 is 16.1 Å². The Labute approximate surface area is 137 Å². The van der Waals surface area contributed by atoms with Gasteiger partial charge in [0, 0.05) is 26.7 Å². The highest BCUT2D eigenvalue weighted by atomic mass is 32.2. The molecule has 1 aromatic rings. The minimum Gasteiger partial charge on any atom is -0.337 e. The molecule has 1 heterocycles. The van der Waals surface area contributed by atoms with Crippen molar-refractivity contribution >= 4 is 21.9 Å². The van der Waals surface area contributed by atoms with Gasteiger partial charge in [-0.3, -0.25) is 5.32 Å². The van der Waals surface area contributed by atoms with Gasteiger partial charge in [0.05, 0.1) is 18.0 Å². The van der Waals surface area contributed by atoms with Crippen molar-refractivity contribution in [3.8, 4) is 0 Å². The van der Waals surface area contributed by atoms with E-state index in [2.05, 4.69) is 15.7 Å². The van der Waals surface area contributed by atoms with Crippen LogP contribution in [0, 0.1) is 0 Å². The summed E-state index contributed by atoms with van der Waals surface area (Å²) in [5.74, 6) is 0.514. The summed E-state index contributed by atoms with van der Waals surface area (Å²) in [7, 11) is -0.367. The van der Waals surface area contributed by atoms with Crippen LogP contribution in [0.2, 0.25) is 0 Å². The standard InChI is InChI=1S/C14H25N5O3S/c1-18(2)23(21,22)11-10-15-14(20)17-13-8-9-16-19(13)12-6-4-3-5-7-12/h8-9,12H,3-7,10-11H2,1-2H3,(H2,15,17,20). The number of rotatable bonds is 6. The van der Waals surface area contributed by atoms with Crippen LogP contribution in [0.3, 0.4) is 0 Å². The maximum Gasteiger partial charge on any atom is 0.320 e. The average Bonchev–Trinajstić information content (AvgIpc) is 2.95. The van der Waals surface area contributed by atoms with Crippen LogP contribution in [0.1, 0.15) is 38.1 Å². The van der Waals surface area contributed by atoms with Crippen LogP contribution in [0.25, 0.3) is 0 Å². The van der Waals surface area contributed by atoms with Gasteiger partial charge in [0.1, 0.15) is 5.82 Å². The van der Waals surface area contributed by atoms with E-state index in [1.807, 2.05) is 4.68 Å². The molecule has 0 unspecified atom stereocenters. The van der Waals surface area contributed by atoms with Gasteiger partial charge >= 0.3 is 6.03 Å². The third kappa shape index (κ3) is 4.93.